The Morgan fingerprint density at radius 2 is 1.13 bits per heavy atom. The van der Waals surface area contributed by atoms with Crippen molar-refractivity contribution >= 4 is 0 Å². The molecule has 2 aliphatic carbocycles. The molecule has 2 saturated heterocycles. The van der Waals surface area contributed by atoms with Crippen LogP contribution in [0.1, 0.15) is 77.0 Å². The molecule has 0 amide bonds. The number of hydrogen-bond donors (Lipinski definition) is 0. The molecule has 2 heterocycles. The Bertz CT molecular complexity index is 338. The first-order valence-corrected chi connectivity index (χ1v) is 10.3. The fraction of sp³-hybridized carbons (Fsp3) is 1.00. The highest BCUT2D eigenvalue weighted by Crippen LogP contribution is 2.41. The average Bonchev–Trinajstić information content (AvgIpc) is 3.46. The lowest BCUT2D eigenvalue weighted by Crippen LogP contribution is -2.13. The Morgan fingerprint density at radius 1 is 0.609 bits per heavy atom. The summed E-state index contributed by atoms with van der Waals surface area (Å²) in [6.45, 7) is 1.94. The van der Waals surface area contributed by atoms with Crippen LogP contribution >= 0.6 is 0 Å². The molecule has 4 rings (SSSR count). The lowest BCUT2D eigenvalue weighted by molar-refractivity contribution is 0.123. The quantitative estimate of drug-likeness (QED) is 0.439. The number of epoxide rings is 2. The molecule has 0 aromatic carbocycles. The van der Waals surface area contributed by atoms with Crippen molar-refractivity contribution in [2.24, 2.45) is 11.8 Å². The van der Waals surface area contributed by atoms with E-state index in [1.807, 2.05) is 0 Å². The molecule has 0 spiro atoms. The second-order valence-electron chi connectivity index (χ2n) is 8.39. The fourth-order valence-electron chi connectivity index (χ4n) is 4.87. The van der Waals surface area contributed by atoms with Gasteiger partial charge in [0.05, 0.1) is 24.4 Å². The second-order valence-corrected chi connectivity index (χ2v) is 8.39. The van der Waals surface area contributed by atoms with Crippen molar-refractivity contribution < 1.29 is 14.2 Å². The Kier molecular flexibility index (Phi) is 5.58. The van der Waals surface area contributed by atoms with E-state index in [2.05, 4.69) is 0 Å². The summed E-state index contributed by atoms with van der Waals surface area (Å²) in [6, 6.07) is 0. The molecule has 2 aliphatic heterocycles. The van der Waals surface area contributed by atoms with Crippen LogP contribution in [-0.2, 0) is 14.2 Å². The van der Waals surface area contributed by atoms with E-state index in [9.17, 15) is 0 Å². The minimum atomic E-state index is 0.645. The van der Waals surface area contributed by atoms with Gasteiger partial charge >= 0.3 is 0 Å². The van der Waals surface area contributed by atoms with E-state index in [1.54, 1.807) is 0 Å². The number of fused-ring (bicyclic) bond motifs is 2. The molecular weight excluding hydrogens is 288 g/mol. The predicted octanol–water partition coefficient (Wildman–Crippen LogP) is 4.48. The molecule has 132 valence electrons. The van der Waals surface area contributed by atoms with E-state index in [1.165, 1.54) is 77.0 Å². The highest BCUT2D eigenvalue weighted by molar-refractivity contribution is 4.92. The normalized spacial score (nSPS) is 41.2. The van der Waals surface area contributed by atoms with E-state index in [0.29, 0.717) is 24.4 Å². The van der Waals surface area contributed by atoms with Crippen LogP contribution < -0.4 is 0 Å². The van der Waals surface area contributed by atoms with Gasteiger partial charge in [-0.3, -0.25) is 0 Å². The van der Waals surface area contributed by atoms with Crippen LogP contribution in [0.4, 0.5) is 0 Å². The van der Waals surface area contributed by atoms with Crippen LogP contribution in [0.2, 0.25) is 0 Å². The summed E-state index contributed by atoms with van der Waals surface area (Å²) in [4.78, 5) is 0. The van der Waals surface area contributed by atoms with Crippen molar-refractivity contribution in [1.82, 2.24) is 0 Å². The van der Waals surface area contributed by atoms with Gasteiger partial charge in [0.2, 0.25) is 0 Å². The van der Waals surface area contributed by atoms with Gasteiger partial charge in [0.1, 0.15) is 0 Å². The first-order valence-electron chi connectivity index (χ1n) is 10.3. The van der Waals surface area contributed by atoms with Crippen LogP contribution in [0.25, 0.3) is 0 Å². The van der Waals surface area contributed by atoms with Gasteiger partial charge < -0.3 is 14.2 Å². The van der Waals surface area contributed by atoms with Crippen LogP contribution in [0.5, 0.6) is 0 Å². The van der Waals surface area contributed by atoms with Crippen LogP contribution in [0.15, 0.2) is 0 Å². The number of hydrogen-bond acceptors (Lipinski definition) is 3. The molecular formula is C20H34O3. The summed E-state index contributed by atoms with van der Waals surface area (Å²) in [7, 11) is 0. The molecule has 4 aliphatic rings. The van der Waals surface area contributed by atoms with Crippen LogP contribution in [0, 0.1) is 11.8 Å². The van der Waals surface area contributed by atoms with Crippen molar-refractivity contribution in [2.75, 3.05) is 13.2 Å². The molecule has 2 saturated carbocycles. The minimum Gasteiger partial charge on any atom is -0.381 e. The maximum Gasteiger partial charge on any atom is 0.0844 e. The van der Waals surface area contributed by atoms with Crippen molar-refractivity contribution in [3.05, 3.63) is 0 Å². The third-order valence-electron chi connectivity index (χ3n) is 6.53. The first-order chi connectivity index (χ1) is 11.4. The molecule has 6 unspecified atom stereocenters. The highest BCUT2D eigenvalue weighted by atomic mass is 16.6. The molecule has 3 nitrogen and oxygen atoms in total. The largest absolute Gasteiger partial charge is 0.381 e. The van der Waals surface area contributed by atoms with Gasteiger partial charge in [-0.1, -0.05) is 25.7 Å². The molecule has 0 aromatic rings. The van der Waals surface area contributed by atoms with E-state index in [0.717, 1.165) is 25.0 Å². The van der Waals surface area contributed by atoms with Gasteiger partial charge in [0.25, 0.3) is 0 Å². The Balaban J connectivity index is 0.928. The molecule has 0 aromatic heterocycles. The summed E-state index contributed by atoms with van der Waals surface area (Å²) in [6.07, 6.45) is 18.7. The fourth-order valence-corrected chi connectivity index (χ4v) is 4.87. The van der Waals surface area contributed by atoms with Crippen molar-refractivity contribution in [3.8, 4) is 0 Å². The standard InChI is InChI=1S/C20H34O3/c1(5-15-7-9-17-19(13-15)22-17)3-11-21-12-4-2-6-16-8-10-18-20(14-16)23-18/h15-20H,1-14H2. The Hall–Kier alpha value is -0.120. The molecule has 23 heavy (non-hydrogen) atoms. The average molecular weight is 322 g/mol. The van der Waals surface area contributed by atoms with E-state index < -0.39 is 0 Å². The topological polar surface area (TPSA) is 34.3 Å². The number of unbranched alkanes of at least 4 members (excludes halogenated alkanes) is 2. The van der Waals surface area contributed by atoms with Gasteiger partial charge in [-0.05, 0) is 63.2 Å². The SMILES string of the molecule is C(CCC1CCC2OC2C1)COCCCCC1CCC2OC2C1. The minimum absolute atomic E-state index is 0.645. The van der Waals surface area contributed by atoms with Crippen molar-refractivity contribution in [2.45, 2.75) is 101 Å². The zero-order valence-electron chi connectivity index (χ0n) is 14.6. The van der Waals surface area contributed by atoms with E-state index >= 15 is 0 Å². The summed E-state index contributed by atoms with van der Waals surface area (Å²) in [5.41, 5.74) is 0. The summed E-state index contributed by atoms with van der Waals surface area (Å²) >= 11 is 0. The van der Waals surface area contributed by atoms with Crippen molar-refractivity contribution in [1.29, 1.82) is 0 Å². The number of ether oxygens (including phenoxy) is 3. The van der Waals surface area contributed by atoms with E-state index in [4.69, 9.17) is 14.2 Å². The predicted molar refractivity (Wildman–Crippen MR) is 90.5 cm³/mol. The second kappa shape index (κ2) is 7.84. The summed E-state index contributed by atoms with van der Waals surface area (Å²) in [5.74, 6) is 1.87. The smallest absolute Gasteiger partial charge is 0.0844 e. The zero-order chi connectivity index (χ0) is 15.5. The molecule has 3 heteroatoms. The molecule has 0 bridgehead atoms. The van der Waals surface area contributed by atoms with Gasteiger partial charge in [0, 0.05) is 13.2 Å². The van der Waals surface area contributed by atoms with Gasteiger partial charge in [0.15, 0.2) is 0 Å². The first kappa shape index (κ1) is 16.4. The molecule has 6 atom stereocenters. The third kappa shape index (κ3) is 4.93. The molecule has 0 N–H and O–H groups in total. The monoisotopic (exact) mass is 322 g/mol. The van der Waals surface area contributed by atoms with Gasteiger partial charge in [-0.2, -0.15) is 0 Å². The van der Waals surface area contributed by atoms with Gasteiger partial charge in [-0.15, -0.1) is 0 Å². The van der Waals surface area contributed by atoms with Crippen molar-refractivity contribution in [3.63, 3.8) is 0 Å². The maximum absolute atomic E-state index is 5.82. The lowest BCUT2D eigenvalue weighted by Gasteiger charge is -2.18. The van der Waals surface area contributed by atoms with E-state index in [-0.39, 0.29) is 0 Å². The Morgan fingerprint density at radius 3 is 1.61 bits per heavy atom. The van der Waals surface area contributed by atoms with Crippen LogP contribution in [0.3, 0.4) is 0 Å². The highest BCUT2D eigenvalue weighted by Gasteiger charge is 2.44. The van der Waals surface area contributed by atoms with Crippen LogP contribution in [-0.4, -0.2) is 37.6 Å². The third-order valence-corrected chi connectivity index (χ3v) is 6.53. The van der Waals surface area contributed by atoms with Gasteiger partial charge in [-0.25, -0.2) is 0 Å². The summed E-state index contributed by atoms with van der Waals surface area (Å²) < 4.78 is 17.0. The summed E-state index contributed by atoms with van der Waals surface area (Å²) in [5, 5.41) is 0. The maximum atomic E-state index is 5.82. The molecule has 4 fully saturated rings. The number of rotatable bonds is 10. The zero-order valence-corrected chi connectivity index (χ0v) is 14.6. The Labute approximate surface area is 141 Å². The molecule has 0 radical (unpaired) electrons. The lowest BCUT2D eigenvalue weighted by atomic mass is 9.86.